The van der Waals surface area contributed by atoms with Crippen LogP contribution in [-0.2, 0) is 6.42 Å². The van der Waals surface area contributed by atoms with Crippen LogP contribution in [0.25, 0.3) is 11.0 Å². The van der Waals surface area contributed by atoms with Crippen molar-refractivity contribution >= 4 is 22.6 Å². The fourth-order valence-electron chi connectivity index (χ4n) is 1.79. The number of rotatable bonds is 5. The Morgan fingerprint density at radius 1 is 1.29 bits per heavy atom. The molecule has 1 aromatic heterocycles. The smallest absolute Gasteiger partial charge is 0.134 e. The first-order valence-electron chi connectivity index (χ1n) is 6.04. The third-order valence-electron chi connectivity index (χ3n) is 2.63. The maximum Gasteiger partial charge on any atom is 0.134 e. The van der Waals surface area contributed by atoms with E-state index >= 15 is 0 Å². The van der Waals surface area contributed by atoms with E-state index in [9.17, 15) is 0 Å². The number of halogens is 1. The predicted molar refractivity (Wildman–Crippen MR) is 72.6 cm³/mol. The van der Waals surface area contributed by atoms with Crippen LogP contribution in [0.4, 0.5) is 0 Å². The molecule has 0 saturated heterocycles. The van der Waals surface area contributed by atoms with Gasteiger partial charge >= 0.3 is 0 Å². The second-order valence-electron chi connectivity index (χ2n) is 4.74. The molecule has 0 saturated carbocycles. The molecule has 17 heavy (non-hydrogen) atoms. The maximum atomic E-state index is 5.94. The number of hydrogen-bond acceptors (Lipinski definition) is 2. The highest BCUT2D eigenvalue weighted by atomic mass is 35.5. The minimum atomic E-state index is 0.685. The minimum Gasteiger partial charge on any atom is -0.461 e. The van der Waals surface area contributed by atoms with Crippen molar-refractivity contribution in [3.8, 4) is 0 Å². The lowest BCUT2D eigenvalue weighted by Crippen LogP contribution is -2.21. The molecule has 0 unspecified atom stereocenters. The van der Waals surface area contributed by atoms with Gasteiger partial charge in [0.2, 0.25) is 0 Å². The Balaban J connectivity index is 1.95. The summed E-state index contributed by atoms with van der Waals surface area (Å²) < 4.78 is 5.73. The standard InChI is InChI=1S/C14H18ClNO/c1-10(2)9-16-6-5-13-8-11-7-12(15)3-4-14(11)17-13/h3-4,7-8,10,16H,5-6,9H2,1-2H3. The molecule has 0 aliphatic carbocycles. The van der Waals surface area contributed by atoms with Crippen molar-refractivity contribution in [3.63, 3.8) is 0 Å². The molecular formula is C14H18ClNO. The van der Waals surface area contributed by atoms with E-state index in [1.807, 2.05) is 18.2 Å². The van der Waals surface area contributed by atoms with Crippen LogP contribution in [0, 0.1) is 5.92 Å². The van der Waals surface area contributed by atoms with Crippen LogP contribution < -0.4 is 5.32 Å². The molecule has 0 bridgehead atoms. The average Bonchev–Trinajstić information content (AvgIpc) is 2.66. The van der Waals surface area contributed by atoms with Gasteiger partial charge < -0.3 is 9.73 Å². The van der Waals surface area contributed by atoms with Crippen molar-refractivity contribution in [2.45, 2.75) is 20.3 Å². The molecule has 1 N–H and O–H groups in total. The van der Waals surface area contributed by atoms with Gasteiger partial charge in [0.25, 0.3) is 0 Å². The third kappa shape index (κ3) is 3.48. The summed E-state index contributed by atoms with van der Waals surface area (Å²) in [6.07, 6.45) is 0.916. The topological polar surface area (TPSA) is 25.2 Å². The SMILES string of the molecule is CC(C)CNCCc1cc2cc(Cl)ccc2o1. The van der Waals surface area contributed by atoms with Gasteiger partial charge in [0.15, 0.2) is 0 Å². The molecule has 1 heterocycles. The summed E-state index contributed by atoms with van der Waals surface area (Å²) in [6, 6.07) is 7.78. The molecule has 0 fully saturated rings. The molecular weight excluding hydrogens is 234 g/mol. The highest BCUT2D eigenvalue weighted by Gasteiger charge is 2.04. The number of hydrogen-bond donors (Lipinski definition) is 1. The quantitative estimate of drug-likeness (QED) is 0.816. The number of fused-ring (bicyclic) bond motifs is 1. The van der Waals surface area contributed by atoms with Crippen molar-refractivity contribution in [1.29, 1.82) is 0 Å². The van der Waals surface area contributed by atoms with Gasteiger partial charge in [-0.25, -0.2) is 0 Å². The van der Waals surface area contributed by atoms with Crippen molar-refractivity contribution in [3.05, 3.63) is 35.0 Å². The van der Waals surface area contributed by atoms with E-state index in [0.717, 1.165) is 41.3 Å². The lowest BCUT2D eigenvalue weighted by molar-refractivity contribution is 0.510. The molecule has 2 nitrogen and oxygen atoms in total. The fraction of sp³-hybridized carbons (Fsp3) is 0.429. The van der Waals surface area contributed by atoms with Crippen LogP contribution >= 0.6 is 11.6 Å². The summed E-state index contributed by atoms with van der Waals surface area (Å²) in [4.78, 5) is 0. The highest BCUT2D eigenvalue weighted by Crippen LogP contribution is 2.23. The van der Waals surface area contributed by atoms with Crippen molar-refractivity contribution < 1.29 is 4.42 Å². The zero-order valence-corrected chi connectivity index (χ0v) is 11.1. The van der Waals surface area contributed by atoms with Gasteiger partial charge in [-0.15, -0.1) is 0 Å². The Kier molecular flexibility index (Phi) is 4.08. The van der Waals surface area contributed by atoms with Gasteiger partial charge in [0, 0.05) is 23.4 Å². The zero-order chi connectivity index (χ0) is 12.3. The molecule has 0 aliphatic rings. The van der Waals surface area contributed by atoms with E-state index < -0.39 is 0 Å². The molecule has 92 valence electrons. The van der Waals surface area contributed by atoms with Gasteiger partial charge in [0.1, 0.15) is 11.3 Å². The summed E-state index contributed by atoms with van der Waals surface area (Å²) in [6.45, 7) is 6.41. The van der Waals surface area contributed by atoms with Crippen LogP contribution in [0.15, 0.2) is 28.7 Å². The maximum absolute atomic E-state index is 5.94. The molecule has 3 heteroatoms. The number of nitrogens with one attached hydrogen (secondary N) is 1. The van der Waals surface area contributed by atoms with Crippen molar-refractivity contribution in [2.75, 3.05) is 13.1 Å². The average molecular weight is 252 g/mol. The Morgan fingerprint density at radius 2 is 2.12 bits per heavy atom. The highest BCUT2D eigenvalue weighted by molar-refractivity contribution is 6.31. The molecule has 2 aromatic rings. The first-order chi connectivity index (χ1) is 8.15. The Labute approximate surface area is 107 Å². The van der Waals surface area contributed by atoms with Crippen molar-refractivity contribution in [1.82, 2.24) is 5.32 Å². The largest absolute Gasteiger partial charge is 0.461 e. The molecule has 2 rings (SSSR count). The Hall–Kier alpha value is -0.990. The van der Waals surface area contributed by atoms with Crippen LogP contribution in [0.3, 0.4) is 0 Å². The molecule has 1 aromatic carbocycles. The minimum absolute atomic E-state index is 0.685. The van der Waals surface area contributed by atoms with Gasteiger partial charge in [0.05, 0.1) is 0 Å². The second kappa shape index (κ2) is 5.56. The summed E-state index contributed by atoms with van der Waals surface area (Å²) >= 11 is 5.94. The molecule has 0 amide bonds. The van der Waals surface area contributed by atoms with Gasteiger partial charge in [-0.2, -0.15) is 0 Å². The lowest BCUT2D eigenvalue weighted by Gasteiger charge is -2.05. The monoisotopic (exact) mass is 251 g/mol. The van der Waals surface area contributed by atoms with E-state index in [1.165, 1.54) is 0 Å². The van der Waals surface area contributed by atoms with Crippen molar-refractivity contribution in [2.24, 2.45) is 5.92 Å². The molecule has 0 aliphatic heterocycles. The van der Waals surface area contributed by atoms with E-state index in [-0.39, 0.29) is 0 Å². The van der Waals surface area contributed by atoms with Crippen LogP contribution in [-0.4, -0.2) is 13.1 Å². The summed E-state index contributed by atoms with van der Waals surface area (Å²) in [5, 5.41) is 5.24. The van der Waals surface area contributed by atoms with Crippen LogP contribution in [0.5, 0.6) is 0 Å². The van der Waals surface area contributed by atoms with E-state index in [4.69, 9.17) is 16.0 Å². The Morgan fingerprint density at radius 3 is 2.88 bits per heavy atom. The fourth-order valence-corrected chi connectivity index (χ4v) is 1.98. The summed E-state index contributed by atoms with van der Waals surface area (Å²) in [7, 11) is 0. The van der Waals surface area contributed by atoms with E-state index in [2.05, 4.69) is 25.2 Å². The number of benzene rings is 1. The first-order valence-corrected chi connectivity index (χ1v) is 6.41. The summed E-state index contributed by atoms with van der Waals surface area (Å²) in [5.41, 5.74) is 0.910. The van der Waals surface area contributed by atoms with Crippen LogP contribution in [0.2, 0.25) is 5.02 Å². The zero-order valence-electron chi connectivity index (χ0n) is 10.3. The van der Waals surface area contributed by atoms with Gasteiger partial charge in [-0.05, 0) is 36.7 Å². The molecule has 0 atom stereocenters. The lowest BCUT2D eigenvalue weighted by atomic mass is 10.2. The Bertz CT molecular complexity index is 490. The van der Waals surface area contributed by atoms with Gasteiger partial charge in [-0.3, -0.25) is 0 Å². The molecule has 0 radical (unpaired) electrons. The summed E-state index contributed by atoms with van der Waals surface area (Å²) in [5.74, 6) is 1.70. The predicted octanol–water partition coefficient (Wildman–Crippen LogP) is 3.87. The van der Waals surface area contributed by atoms with Gasteiger partial charge in [-0.1, -0.05) is 25.4 Å². The first kappa shape index (κ1) is 12.5. The van der Waals surface area contributed by atoms with Crippen LogP contribution in [0.1, 0.15) is 19.6 Å². The number of furan rings is 1. The van der Waals surface area contributed by atoms with E-state index in [0.29, 0.717) is 5.92 Å². The van der Waals surface area contributed by atoms with E-state index in [1.54, 1.807) is 0 Å². The third-order valence-corrected chi connectivity index (χ3v) is 2.87. The molecule has 0 spiro atoms. The normalized spacial score (nSPS) is 11.5. The second-order valence-corrected chi connectivity index (χ2v) is 5.18.